The Morgan fingerprint density at radius 3 is 2.76 bits per heavy atom. The van der Waals surface area contributed by atoms with Gasteiger partial charge in [0.1, 0.15) is 5.82 Å². The number of aromatic nitrogens is 2. The number of nitrogens with one attached hydrogen (secondary N) is 2. The lowest BCUT2D eigenvalue weighted by Gasteiger charge is -2.16. The van der Waals surface area contributed by atoms with E-state index >= 15 is 0 Å². The summed E-state index contributed by atoms with van der Waals surface area (Å²) in [7, 11) is 0. The molecule has 0 bridgehead atoms. The van der Waals surface area contributed by atoms with Gasteiger partial charge < -0.3 is 10.3 Å². The molecule has 0 saturated heterocycles. The van der Waals surface area contributed by atoms with E-state index in [1.54, 1.807) is 0 Å². The first-order valence-corrected chi connectivity index (χ1v) is 7.12. The molecule has 4 heteroatoms. The van der Waals surface area contributed by atoms with Crippen LogP contribution in [0.15, 0.2) is 0 Å². The van der Waals surface area contributed by atoms with Gasteiger partial charge in [-0.05, 0) is 50.2 Å². The minimum Gasteiger partial charge on any atom is -0.370 e. The molecule has 1 aromatic rings. The number of hydrogen-bond donors (Lipinski definition) is 2. The van der Waals surface area contributed by atoms with Crippen molar-refractivity contribution in [1.82, 2.24) is 9.97 Å². The van der Waals surface area contributed by atoms with Crippen molar-refractivity contribution in [2.45, 2.75) is 50.9 Å². The average molecular weight is 249 g/mol. The van der Waals surface area contributed by atoms with Gasteiger partial charge in [0.05, 0.1) is 0 Å². The van der Waals surface area contributed by atoms with Gasteiger partial charge in [-0.1, -0.05) is 12.8 Å². The molecule has 1 fully saturated rings. The first kappa shape index (κ1) is 11.2. The second-order valence-corrected chi connectivity index (χ2v) is 5.53. The third-order valence-corrected chi connectivity index (χ3v) is 4.17. The van der Waals surface area contributed by atoms with E-state index in [1.807, 2.05) is 0 Å². The van der Waals surface area contributed by atoms with Gasteiger partial charge in [0.2, 0.25) is 0 Å². The number of fused-ring (bicyclic) bond motifs is 1. The van der Waals surface area contributed by atoms with E-state index in [-0.39, 0.29) is 0 Å². The van der Waals surface area contributed by atoms with Gasteiger partial charge in [-0.2, -0.15) is 0 Å². The predicted molar refractivity (Wildman–Crippen MR) is 72.1 cm³/mol. The van der Waals surface area contributed by atoms with Gasteiger partial charge in [-0.3, -0.25) is 0 Å². The lowest BCUT2D eigenvalue weighted by Crippen LogP contribution is -2.09. The van der Waals surface area contributed by atoms with E-state index in [0.29, 0.717) is 10.7 Å². The van der Waals surface area contributed by atoms with Gasteiger partial charge in [0, 0.05) is 17.8 Å². The third-order valence-electron chi connectivity index (χ3n) is 3.98. The van der Waals surface area contributed by atoms with Crippen LogP contribution in [0.1, 0.15) is 55.7 Å². The largest absolute Gasteiger partial charge is 0.370 e. The Morgan fingerprint density at radius 2 is 1.94 bits per heavy atom. The van der Waals surface area contributed by atoms with Gasteiger partial charge in [-0.25, -0.2) is 4.98 Å². The summed E-state index contributed by atoms with van der Waals surface area (Å²) in [6.45, 7) is 1.03. The second-order valence-electron chi connectivity index (χ2n) is 5.15. The molecule has 17 heavy (non-hydrogen) atoms. The predicted octanol–water partition coefficient (Wildman–Crippen LogP) is 3.54. The summed E-state index contributed by atoms with van der Waals surface area (Å²) in [6.07, 6.45) is 8.96. The minimum absolute atomic E-state index is 0.639. The van der Waals surface area contributed by atoms with Gasteiger partial charge in [0.15, 0.2) is 4.77 Å². The third kappa shape index (κ3) is 2.23. The Kier molecular flexibility index (Phi) is 3.14. The first-order chi connectivity index (χ1) is 8.34. The van der Waals surface area contributed by atoms with Crippen molar-refractivity contribution >= 4 is 18.0 Å². The molecule has 92 valence electrons. The summed E-state index contributed by atoms with van der Waals surface area (Å²) in [4.78, 5) is 7.82. The van der Waals surface area contributed by atoms with Crippen LogP contribution >= 0.6 is 12.2 Å². The normalized spacial score (nSPS) is 20.7. The zero-order valence-corrected chi connectivity index (χ0v) is 10.9. The fourth-order valence-corrected chi connectivity index (χ4v) is 3.31. The molecule has 1 aliphatic carbocycles. The summed E-state index contributed by atoms with van der Waals surface area (Å²) in [5.41, 5.74) is 2.79. The number of H-pyrrole nitrogens is 1. The van der Waals surface area contributed by atoms with Crippen molar-refractivity contribution in [3.05, 3.63) is 16.0 Å². The van der Waals surface area contributed by atoms with Crippen LogP contribution in [0.2, 0.25) is 0 Å². The Bertz CT molecular complexity index is 460. The maximum atomic E-state index is 5.26. The van der Waals surface area contributed by atoms with E-state index in [9.17, 15) is 0 Å². The summed E-state index contributed by atoms with van der Waals surface area (Å²) >= 11 is 5.26. The fraction of sp³-hybridized carbons (Fsp3) is 0.692. The molecule has 1 aliphatic heterocycles. The van der Waals surface area contributed by atoms with Crippen molar-refractivity contribution in [2.75, 3.05) is 11.9 Å². The Hall–Kier alpha value is -0.900. The molecule has 2 N–H and O–H groups in total. The molecule has 0 radical (unpaired) electrons. The lowest BCUT2D eigenvalue weighted by atomic mass is 9.96. The molecule has 0 amide bonds. The molecule has 1 aromatic heterocycles. The van der Waals surface area contributed by atoms with Crippen LogP contribution in [0.25, 0.3) is 0 Å². The van der Waals surface area contributed by atoms with Crippen LogP contribution in [0.3, 0.4) is 0 Å². The van der Waals surface area contributed by atoms with Crippen LogP contribution < -0.4 is 5.32 Å². The zero-order valence-electron chi connectivity index (χ0n) is 10.1. The maximum Gasteiger partial charge on any atom is 0.198 e. The fourth-order valence-electron chi connectivity index (χ4n) is 3.11. The molecular formula is C13H19N3S. The highest BCUT2D eigenvalue weighted by Crippen LogP contribution is 2.37. The van der Waals surface area contributed by atoms with Gasteiger partial charge in [0.25, 0.3) is 0 Å². The number of rotatable bonds is 1. The van der Waals surface area contributed by atoms with E-state index in [4.69, 9.17) is 12.2 Å². The van der Waals surface area contributed by atoms with Crippen molar-refractivity contribution in [3.63, 3.8) is 0 Å². The van der Waals surface area contributed by atoms with Crippen LogP contribution in [0.4, 0.5) is 5.82 Å². The zero-order chi connectivity index (χ0) is 11.7. The average Bonchev–Trinajstić information content (AvgIpc) is 2.74. The van der Waals surface area contributed by atoms with E-state index in [1.165, 1.54) is 49.8 Å². The standard InChI is InChI=1S/C13H19N3S/c17-13-15-11(9-5-1-2-6-9)10-7-3-4-8-14-12(10)16-13/h9H,1-8H2,(H2,14,15,16,17). The van der Waals surface area contributed by atoms with E-state index < -0.39 is 0 Å². The van der Waals surface area contributed by atoms with Gasteiger partial charge in [-0.15, -0.1) is 0 Å². The molecule has 2 aliphatic rings. The number of anilines is 1. The van der Waals surface area contributed by atoms with E-state index in [0.717, 1.165) is 18.8 Å². The monoisotopic (exact) mass is 249 g/mol. The molecule has 2 heterocycles. The molecule has 0 atom stereocenters. The topological polar surface area (TPSA) is 40.7 Å². The van der Waals surface area contributed by atoms with Gasteiger partial charge >= 0.3 is 0 Å². The Morgan fingerprint density at radius 1 is 1.12 bits per heavy atom. The highest BCUT2D eigenvalue weighted by Gasteiger charge is 2.23. The SMILES string of the molecule is S=c1nc2c(c(C3CCCC3)[nH]1)CCCCN2. The van der Waals surface area contributed by atoms with E-state index in [2.05, 4.69) is 15.3 Å². The molecule has 0 unspecified atom stereocenters. The molecule has 3 rings (SSSR count). The molecule has 1 saturated carbocycles. The van der Waals surface area contributed by atoms with Crippen LogP contribution in [0, 0.1) is 4.77 Å². The van der Waals surface area contributed by atoms with Crippen LogP contribution in [0.5, 0.6) is 0 Å². The Labute approximate surface area is 107 Å². The minimum atomic E-state index is 0.639. The summed E-state index contributed by atoms with van der Waals surface area (Å²) < 4.78 is 0.639. The number of nitrogens with zero attached hydrogens (tertiary/aromatic N) is 1. The van der Waals surface area contributed by atoms with Crippen molar-refractivity contribution in [3.8, 4) is 0 Å². The number of hydrogen-bond acceptors (Lipinski definition) is 3. The van der Waals surface area contributed by atoms with Crippen molar-refractivity contribution in [1.29, 1.82) is 0 Å². The lowest BCUT2D eigenvalue weighted by molar-refractivity contribution is 0.673. The summed E-state index contributed by atoms with van der Waals surface area (Å²) in [5.74, 6) is 1.74. The second kappa shape index (κ2) is 4.77. The summed E-state index contributed by atoms with van der Waals surface area (Å²) in [6, 6.07) is 0. The highest BCUT2D eigenvalue weighted by molar-refractivity contribution is 7.71. The molecule has 0 aromatic carbocycles. The maximum absolute atomic E-state index is 5.26. The highest BCUT2D eigenvalue weighted by atomic mass is 32.1. The smallest absolute Gasteiger partial charge is 0.198 e. The quantitative estimate of drug-likeness (QED) is 0.748. The van der Waals surface area contributed by atoms with Crippen LogP contribution in [-0.2, 0) is 6.42 Å². The number of aromatic amines is 1. The summed E-state index contributed by atoms with van der Waals surface area (Å²) in [5, 5.41) is 3.43. The van der Waals surface area contributed by atoms with Crippen LogP contribution in [-0.4, -0.2) is 16.5 Å². The molecular weight excluding hydrogens is 230 g/mol. The molecule has 3 nitrogen and oxygen atoms in total. The van der Waals surface area contributed by atoms with Crippen molar-refractivity contribution in [2.24, 2.45) is 0 Å². The Balaban J connectivity index is 2.06. The van der Waals surface area contributed by atoms with Crippen molar-refractivity contribution < 1.29 is 0 Å². The first-order valence-electron chi connectivity index (χ1n) is 6.71. The molecule has 0 spiro atoms.